The Hall–Kier alpha value is -0.750. The molecule has 5 nitrogen and oxygen atoms in total. The SMILES string of the molecule is CCC(=O)N1CSCC1C(=O)N1C[C@H]2CNC[C@H]2C1. The zero-order chi connectivity index (χ0) is 13.4. The van der Waals surface area contributed by atoms with E-state index in [1.165, 1.54) is 0 Å². The van der Waals surface area contributed by atoms with Gasteiger partial charge in [0.15, 0.2) is 0 Å². The van der Waals surface area contributed by atoms with Gasteiger partial charge in [0, 0.05) is 38.4 Å². The fourth-order valence-corrected chi connectivity index (χ4v) is 4.51. The molecule has 3 saturated heterocycles. The molecule has 0 bridgehead atoms. The van der Waals surface area contributed by atoms with Gasteiger partial charge in [-0.05, 0) is 11.8 Å². The molecule has 3 aliphatic rings. The van der Waals surface area contributed by atoms with Crippen LogP contribution >= 0.6 is 11.8 Å². The zero-order valence-electron chi connectivity index (χ0n) is 11.3. The van der Waals surface area contributed by atoms with E-state index >= 15 is 0 Å². The molecule has 106 valence electrons. The summed E-state index contributed by atoms with van der Waals surface area (Å²) in [7, 11) is 0. The van der Waals surface area contributed by atoms with Gasteiger partial charge in [0.2, 0.25) is 11.8 Å². The molecular weight excluding hydrogens is 262 g/mol. The number of carbonyl (C=O) groups excluding carboxylic acids is 2. The van der Waals surface area contributed by atoms with E-state index in [4.69, 9.17) is 0 Å². The Morgan fingerprint density at radius 1 is 1.26 bits per heavy atom. The van der Waals surface area contributed by atoms with Crippen molar-refractivity contribution in [2.24, 2.45) is 11.8 Å². The second-order valence-corrected chi connectivity index (χ2v) is 6.65. The number of amides is 2. The van der Waals surface area contributed by atoms with Crippen LogP contribution in [0.2, 0.25) is 0 Å². The minimum Gasteiger partial charge on any atom is -0.340 e. The van der Waals surface area contributed by atoms with Gasteiger partial charge >= 0.3 is 0 Å². The Balaban J connectivity index is 1.65. The zero-order valence-corrected chi connectivity index (χ0v) is 12.1. The number of hydrogen-bond donors (Lipinski definition) is 1. The summed E-state index contributed by atoms with van der Waals surface area (Å²) in [5.41, 5.74) is 0. The van der Waals surface area contributed by atoms with Crippen molar-refractivity contribution < 1.29 is 9.59 Å². The van der Waals surface area contributed by atoms with Crippen LogP contribution in [0.5, 0.6) is 0 Å². The van der Waals surface area contributed by atoms with E-state index in [9.17, 15) is 9.59 Å². The molecule has 0 radical (unpaired) electrons. The summed E-state index contributed by atoms with van der Waals surface area (Å²) in [4.78, 5) is 28.2. The number of fused-ring (bicyclic) bond motifs is 1. The van der Waals surface area contributed by atoms with Gasteiger partial charge in [-0.2, -0.15) is 0 Å². The number of rotatable bonds is 2. The van der Waals surface area contributed by atoms with Crippen LogP contribution < -0.4 is 5.32 Å². The first-order valence-corrected chi connectivity index (χ1v) is 8.23. The lowest BCUT2D eigenvalue weighted by atomic mass is 10.0. The first-order chi connectivity index (χ1) is 9.20. The Bertz CT molecular complexity index is 378. The Morgan fingerprint density at radius 3 is 2.58 bits per heavy atom. The van der Waals surface area contributed by atoms with E-state index in [-0.39, 0.29) is 17.9 Å². The molecule has 1 unspecified atom stereocenters. The molecule has 0 saturated carbocycles. The lowest BCUT2D eigenvalue weighted by Gasteiger charge is -2.27. The Morgan fingerprint density at radius 2 is 1.95 bits per heavy atom. The number of hydrogen-bond acceptors (Lipinski definition) is 4. The predicted molar refractivity (Wildman–Crippen MR) is 74.7 cm³/mol. The van der Waals surface area contributed by atoms with Gasteiger partial charge in [-0.3, -0.25) is 9.59 Å². The van der Waals surface area contributed by atoms with Crippen LogP contribution in [0.4, 0.5) is 0 Å². The monoisotopic (exact) mass is 283 g/mol. The highest BCUT2D eigenvalue weighted by atomic mass is 32.2. The van der Waals surface area contributed by atoms with E-state index in [1.54, 1.807) is 16.7 Å². The number of likely N-dealkylation sites (tertiary alicyclic amines) is 1. The van der Waals surface area contributed by atoms with Crippen molar-refractivity contribution in [1.29, 1.82) is 0 Å². The first-order valence-electron chi connectivity index (χ1n) is 7.07. The quantitative estimate of drug-likeness (QED) is 0.773. The summed E-state index contributed by atoms with van der Waals surface area (Å²) in [5.74, 6) is 2.94. The fraction of sp³-hybridized carbons (Fsp3) is 0.846. The summed E-state index contributed by atoms with van der Waals surface area (Å²) in [5, 5.41) is 3.38. The van der Waals surface area contributed by atoms with Crippen LogP contribution in [0.15, 0.2) is 0 Å². The molecule has 0 aromatic heterocycles. The summed E-state index contributed by atoms with van der Waals surface area (Å²) in [6, 6.07) is -0.218. The number of nitrogens with one attached hydrogen (secondary N) is 1. The minimum atomic E-state index is -0.218. The molecule has 3 heterocycles. The third kappa shape index (κ3) is 2.36. The lowest BCUT2D eigenvalue weighted by Crippen LogP contribution is -2.48. The van der Waals surface area contributed by atoms with Crippen LogP contribution in [0.25, 0.3) is 0 Å². The molecule has 3 rings (SSSR count). The van der Waals surface area contributed by atoms with Gasteiger partial charge in [0.05, 0.1) is 5.88 Å². The number of carbonyl (C=O) groups is 2. The molecule has 3 aliphatic heterocycles. The van der Waals surface area contributed by atoms with E-state index in [2.05, 4.69) is 5.32 Å². The van der Waals surface area contributed by atoms with Crippen molar-refractivity contribution in [2.45, 2.75) is 19.4 Å². The second-order valence-electron chi connectivity index (χ2n) is 5.65. The van der Waals surface area contributed by atoms with Crippen molar-refractivity contribution >= 4 is 23.6 Å². The fourth-order valence-electron chi connectivity index (χ4n) is 3.34. The topological polar surface area (TPSA) is 52.7 Å². The standard InChI is InChI=1S/C13H21N3O2S/c1-2-12(17)16-8-19-7-11(16)13(18)15-5-9-3-14-4-10(9)6-15/h9-11,14H,2-8H2,1H3/t9-,10+,11?. The molecule has 0 aromatic carbocycles. The molecule has 0 spiro atoms. The highest BCUT2D eigenvalue weighted by Gasteiger charge is 2.42. The van der Waals surface area contributed by atoms with Crippen LogP contribution in [0.3, 0.4) is 0 Å². The van der Waals surface area contributed by atoms with Crippen LogP contribution in [0, 0.1) is 11.8 Å². The molecule has 6 heteroatoms. The highest BCUT2D eigenvalue weighted by Crippen LogP contribution is 2.29. The predicted octanol–water partition coefficient (Wildman–Crippen LogP) is -0.0243. The van der Waals surface area contributed by atoms with Crippen molar-refractivity contribution in [2.75, 3.05) is 37.8 Å². The average Bonchev–Trinajstić information content (AvgIpc) is 3.10. The van der Waals surface area contributed by atoms with Crippen LogP contribution in [-0.2, 0) is 9.59 Å². The lowest BCUT2D eigenvalue weighted by molar-refractivity contribution is -0.142. The molecular formula is C13H21N3O2S. The van der Waals surface area contributed by atoms with Crippen molar-refractivity contribution in [1.82, 2.24) is 15.1 Å². The summed E-state index contributed by atoms with van der Waals surface area (Å²) in [6.45, 7) is 5.66. The van der Waals surface area contributed by atoms with Gasteiger partial charge in [0.25, 0.3) is 0 Å². The maximum atomic E-state index is 12.6. The maximum absolute atomic E-state index is 12.6. The molecule has 0 aliphatic carbocycles. The highest BCUT2D eigenvalue weighted by molar-refractivity contribution is 7.99. The van der Waals surface area contributed by atoms with Crippen molar-refractivity contribution in [3.05, 3.63) is 0 Å². The minimum absolute atomic E-state index is 0.101. The van der Waals surface area contributed by atoms with Gasteiger partial charge in [-0.1, -0.05) is 6.92 Å². The summed E-state index contributed by atoms with van der Waals surface area (Å²) in [6.07, 6.45) is 0.486. The van der Waals surface area contributed by atoms with Crippen LogP contribution in [-0.4, -0.2) is 65.5 Å². The Kier molecular flexibility index (Phi) is 3.71. The molecule has 3 atom stereocenters. The van der Waals surface area contributed by atoms with E-state index < -0.39 is 0 Å². The smallest absolute Gasteiger partial charge is 0.246 e. The third-order valence-electron chi connectivity index (χ3n) is 4.49. The Labute approximate surface area is 118 Å². The van der Waals surface area contributed by atoms with Gasteiger partial charge < -0.3 is 15.1 Å². The van der Waals surface area contributed by atoms with Gasteiger partial charge in [0.1, 0.15) is 6.04 Å². The summed E-state index contributed by atoms with van der Waals surface area (Å²) >= 11 is 1.69. The number of thioether (sulfide) groups is 1. The molecule has 2 amide bonds. The molecule has 3 fully saturated rings. The van der Waals surface area contributed by atoms with Crippen molar-refractivity contribution in [3.8, 4) is 0 Å². The van der Waals surface area contributed by atoms with E-state index in [0.29, 0.717) is 24.1 Å². The molecule has 19 heavy (non-hydrogen) atoms. The molecule has 1 N–H and O–H groups in total. The molecule has 0 aromatic rings. The normalized spacial score (nSPS) is 33.8. The third-order valence-corrected chi connectivity index (χ3v) is 5.50. The first kappa shape index (κ1) is 13.2. The average molecular weight is 283 g/mol. The van der Waals surface area contributed by atoms with E-state index in [1.807, 2.05) is 11.8 Å². The largest absolute Gasteiger partial charge is 0.340 e. The summed E-state index contributed by atoms with van der Waals surface area (Å²) < 4.78 is 0. The maximum Gasteiger partial charge on any atom is 0.246 e. The van der Waals surface area contributed by atoms with Gasteiger partial charge in [-0.25, -0.2) is 0 Å². The van der Waals surface area contributed by atoms with Gasteiger partial charge in [-0.15, -0.1) is 11.8 Å². The van der Waals surface area contributed by atoms with Crippen LogP contribution in [0.1, 0.15) is 13.3 Å². The van der Waals surface area contributed by atoms with Crippen molar-refractivity contribution in [3.63, 3.8) is 0 Å². The van der Waals surface area contributed by atoms with E-state index in [0.717, 1.165) is 31.9 Å². The number of nitrogens with zero attached hydrogens (tertiary/aromatic N) is 2. The second kappa shape index (κ2) is 5.32.